The van der Waals surface area contributed by atoms with Crippen LogP contribution in [0.2, 0.25) is 0 Å². The molecule has 0 rings (SSSR count). The molecule has 3 nitrogen and oxygen atoms in total. The molecule has 0 saturated heterocycles. The number of hydrogen-bond donors (Lipinski definition) is 1. The van der Waals surface area contributed by atoms with Crippen molar-refractivity contribution in [3.8, 4) is 0 Å². The fourth-order valence-corrected chi connectivity index (χ4v) is 1.33. The van der Waals surface area contributed by atoms with Crippen LogP contribution < -0.4 is 5.23 Å². The van der Waals surface area contributed by atoms with Gasteiger partial charge >= 0.3 is 5.97 Å². The van der Waals surface area contributed by atoms with Crippen molar-refractivity contribution in [1.82, 2.24) is 5.23 Å². The van der Waals surface area contributed by atoms with Gasteiger partial charge in [0.15, 0.2) is 7.98 Å². The third-order valence-electron chi connectivity index (χ3n) is 1.91. The standard InChI is InChI=1S/C8H18BNO2/c1-6(5-10-9)4-7(2)8(11)12-3/h6-7,10H,4-5,9H2,1-3H3. The van der Waals surface area contributed by atoms with E-state index in [1.807, 2.05) is 14.9 Å². The molecule has 12 heavy (non-hydrogen) atoms. The Labute approximate surface area is 75.3 Å². The predicted octanol–water partition coefficient (Wildman–Crippen LogP) is -0.0406. The van der Waals surface area contributed by atoms with Crippen molar-refractivity contribution in [3.05, 3.63) is 0 Å². The maximum Gasteiger partial charge on any atom is 0.308 e. The lowest BCUT2D eigenvalue weighted by atomic mass is 9.97. The Morgan fingerprint density at radius 2 is 2.17 bits per heavy atom. The molecule has 2 unspecified atom stereocenters. The molecule has 0 heterocycles. The van der Waals surface area contributed by atoms with Crippen molar-refractivity contribution in [3.63, 3.8) is 0 Å². The smallest absolute Gasteiger partial charge is 0.308 e. The van der Waals surface area contributed by atoms with Crippen LogP contribution >= 0.6 is 0 Å². The average Bonchev–Trinajstić information content (AvgIpc) is 2.03. The Kier molecular flexibility index (Phi) is 5.81. The summed E-state index contributed by atoms with van der Waals surface area (Å²) in [4.78, 5) is 11.0. The first-order valence-electron chi connectivity index (χ1n) is 4.34. The Bertz CT molecular complexity index is 141. The minimum atomic E-state index is -0.113. The van der Waals surface area contributed by atoms with Crippen LogP contribution in [0.25, 0.3) is 0 Å². The van der Waals surface area contributed by atoms with Crippen molar-refractivity contribution in [2.24, 2.45) is 11.8 Å². The van der Waals surface area contributed by atoms with Crippen LogP contribution in [0.3, 0.4) is 0 Å². The molecule has 0 radical (unpaired) electrons. The van der Waals surface area contributed by atoms with Gasteiger partial charge in [-0.1, -0.05) is 13.8 Å². The third-order valence-corrected chi connectivity index (χ3v) is 1.91. The molecule has 0 aromatic heterocycles. The second kappa shape index (κ2) is 6.06. The van der Waals surface area contributed by atoms with Gasteiger partial charge in [-0.3, -0.25) is 4.79 Å². The molecule has 0 aromatic carbocycles. The van der Waals surface area contributed by atoms with Crippen molar-refractivity contribution in [1.29, 1.82) is 0 Å². The van der Waals surface area contributed by atoms with Gasteiger partial charge in [-0.05, 0) is 18.9 Å². The number of ether oxygens (including phenoxy) is 1. The van der Waals surface area contributed by atoms with E-state index in [4.69, 9.17) is 0 Å². The molecule has 70 valence electrons. The van der Waals surface area contributed by atoms with Crippen molar-refractivity contribution < 1.29 is 9.53 Å². The van der Waals surface area contributed by atoms with E-state index in [-0.39, 0.29) is 11.9 Å². The summed E-state index contributed by atoms with van der Waals surface area (Å²) in [5.74, 6) is 0.417. The summed E-state index contributed by atoms with van der Waals surface area (Å²) in [7, 11) is 3.35. The highest BCUT2D eigenvalue weighted by Gasteiger charge is 2.15. The molecule has 0 saturated carbocycles. The molecule has 0 aliphatic carbocycles. The van der Waals surface area contributed by atoms with Crippen molar-refractivity contribution in [2.75, 3.05) is 13.7 Å². The SMILES string of the molecule is BNCC(C)CC(C)C(=O)OC. The first-order chi connectivity index (χ1) is 5.61. The van der Waals surface area contributed by atoms with E-state index in [0.29, 0.717) is 5.92 Å². The highest BCUT2D eigenvalue weighted by molar-refractivity contribution is 6.04. The maximum absolute atomic E-state index is 11.0. The Balaban J connectivity index is 3.67. The lowest BCUT2D eigenvalue weighted by Crippen LogP contribution is -2.22. The molecule has 0 aliphatic rings. The molecule has 0 spiro atoms. The summed E-state index contributed by atoms with van der Waals surface area (Å²) in [6.45, 7) is 4.97. The largest absolute Gasteiger partial charge is 0.469 e. The second-order valence-corrected chi connectivity index (χ2v) is 3.32. The van der Waals surface area contributed by atoms with E-state index in [1.54, 1.807) is 0 Å². The molecule has 0 aliphatic heterocycles. The highest BCUT2D eigenvalue weighted by Crippen LogP contribution is 2.11. The Hall–Kier alpha value is -0.505. The highest BCUT2D eigenvalue weighted by atomic mass is 16.5. The van der Waals surface area contributed by atoms with E-state index in [9.17, 15) is 4.79 Å². The number of nitrogens with one attached hydrogen (secondary N) is 1. The van der Waals surface area contributed by atoms with Crippen LogP contribution in [-0.2, 0) is 9.53 Å². The van der Waals surface area contributed by atoms with Crippen LogP contribution in [0, 0.1) is 11.8 Å². The summed E-state index contributed by atoms with van der Waals surface area (Å²) in [6, 6.07) is 0. The van der Waals surface area contributed by atoms with E-state index >= 15 is 0 Å². The molecule has 0 bridgehead atoms. The molecule has 4 heteroatoms. The van der Waals surface area contributed by atoms with Gasteiger partial charge < -0.3 is 9.96 Å². The van der Waals surface area contributed by atoms with E-state index in [1.165, 1.54) is 7.11 Å². The summed E-state index contributed by atoms with van der Waals surface area (Å²) in [6.07, 6.45) is 0.882. The zero-order chi connectivity index (χ0) is 9.56. The van der Waals surface area contributed by atoms with Gasteiger partial charge in [-0.25, -0.2) is 0 Å². The van der Waals surface area contributed by atoms with E-state index in [0.717, 1.165) is 13.0 Å². The fourth-order valence-electron chi connectivity index (χ4n) is 1.33. The van der Waals surface area contributed by atoms with Gasteiger partial charge in [-0.2, -0.15) is 0 Å². The fraction of sp³-hybridized carbons (Fsp3) is 0.875. The van der Waals surface area contributed by atoms with Crippen LogP contribution in [0.4, 0.5) is 0 Å². The molecule has 1 N–H and O–H groups in total. The number of hydrogen-bond acceptors (Lipinski definition) is 3. The third kappa shape index (κ3) is 4.39. The lowest BCUT2D eigenvalue weighted by molar-refractivity contribution is -0.145. The van der Waals surface area contributed by atoms with Crippen LogP contribution in [0.1, 0.15) is 20.3 Å². The first kappa shape index (κ1) is 11.5. The average molecular weight is 171 g/mol. The quantitative estimate of drug-likeness (QED) is 0.466. The molecule has 2 atom stereocenters. The lowest BCUT2D eigenvalue weighted by Gasteiger charge is -2.14. The van der Waals surface area contributed by atoms with Gasteiger partial charge in [-0.15, -0.1) is 0 Å². The number of esters is 1. The second-order valence-electron chi connectivity index (χ2n) is 3.32. The van der Waals surface area contributed by atoms with Crippen molar-refractivity contribution >= 4 is 14.0 Å². The minimum absolute atomic E-state index is 0.0124. The molecule has 0 fully saturated rings. The van der Waals surface area contributed by atoms with Gasteiger partial charge in [0, 0.05) is 0 Å². The minimum Gasteiger partial charge on any atom is -0.469 e. The van der Waals surface area contributed by atoms with Crippen LogP contribution in [0.5, 0.6) is 0 Å². The molecular weight excluding hydrogens is 153 g/mol. The van der Waals surface area contributed by atoms with E-state index in [2.05, 4.69) is 16.9 Å². The Morgan fingerprint density at radius 3 is 2.58 bits per heavy atom. The number of rotatable bonds is 5. The molecule has 0 aromatic rings. The van der Waals surface area contributed by atoms with Gasteiger partial charge in [0.25, 0.3) is 0 Å². The van der Waals surface area contributed by atoms with Crippen LogP contribution in [0.15, 0.2) is 0 Å². The zero-order valence-corrected chi connectivity index (χ0v) is 8.39. The number of carbonyl (C=O) groups is 1. The Morgan fingerprint density at radius 1 is 1.58 bits per heavy atom. The number of methoxy groups -OCH3 is 1. The number of carbonyl (C=O) groups excluding carboxylic acids is 1. The van der Waals surface area contributed by atoms with Crippen LogP contribution in [-0.4, -0.2) is 27.6 Å². The van der Waals surface area contributed by atoms with Crippen molar-refractivity contribution in [2.45, 2.75) is 20.3 Å². The molecular formula is C8H18BNO2. The normalized spacial score (nSPS) is 15.2. The molecule has 0 amide bonds. The monoisotopic (exact) mass is 171 g/mol. The van der Waals surface area contributed by atoms with Gasteiger partial charge in [0.1, 0.15) is 0 Å². The van der Waals surface area contributed by atoms with Gasteiger partial charge in [0.05, 0.1) is 13.0 Å². The summed E-state index contributed by atoms with van der Waals surface area (Å²) in [5, 5.41) is 3.08. The summed E-state index contributed by atoms with van der Waals surface area (Å²) >= 11 is 0. The zero-order valence-electron chi connectivity index (χ0n) is 8.39. The summed E-state index contributed by atoms with van der Waals surface area (Å²) in [5.41, 5.74) is 0. The predicted molar refractivity (Wildman–Crippen MR) is 51.5 cm³/mol. The summed E-state index contributed by atoms with van der Waals surface area (Å²) < 4.78 is 4.63. The first-order valence-corrected chi connectivity index (χ1v) is 4.34. The topological polar surface area (TPSA) is 38.3 Å². The van der Waals surface area contributed by atoms with E-state index < -0.39 is 0 Å². The van der Waals surface area contributed by atoms with Gasteiger partial charge in [0.2, 0.25) is 0 Å². The maximum atomic E-state index is 11.0.